The van der Waals surface area contributed by atoms with Gasteiger partial charge in [-0.1, -0.05) is 18.2 Å². The summed E-state index contributed by atoms with van der Waals surface area (Å²) in [6.45, 7) is 2.90. The topological polar surface area (TPSA) is 61.7 Å². The molecule has 170 valence electrons. The predicted molar refractivity (Wildman–Crippen MR) is 123 cm³/mol. The van der Waals surface area contributed by atoms with E-state index in [0.29, 0.717) is 19.5 Å². The highest BCUT2D eigenvalue weighted by Gasteiger charge is 2.38. The first-order chi connectivity index (χ1) is 16.0. The molecule has 0 spiro atoms. The number of anilines is 1. The minimum atomic E-state index is -0.607. The van der Waals surface area contributed by atoms with Crippen LogP contribution < -0.4 is 4.90 Å². The van der Waals surface area contributed by atoms with Crippen molar-refractivity contribution in [2.75, 3.05) is 38.1 Å². The monoisotopic (exact) mass is 447 g/mol. The normalized spacial score (nSPS) is 18.8. The Kier molecular flexibility index (Phi) is 5.68. The van der Waals surface area contributed by atoms with Crippen molar-refractivity contribution in [1.82, 2.24) is 19.6 Å². The zero-order chi connectivity index (χ0) is 22.9. The summed E-state index contributed by atoms with van der Waals surface area (Å²) in [5, 5.41) is 4.06. The van der Waals surface area contributed by atoms with Crippen LogP contribution in [0.25, 0.3) is 5.69 Å². The Hall–Kier alpha value is -3.52. The largest absolute Gasteiger partial charge is 0.338 e. The van der Waals surface area contributed by atoms with E-state index < -0.39 is 11.9 Å². The number of aryl methyl sites for hydroxylation is 1. The molecule has 2 aliphatic heterocycles. The molecule has 1 unspecified atom stereocenters. The quantitative estimate of drug-likeness (QED) is 0.620. The maximum atomic E-state index is 14.9. The number of piperazine rings is 1. The number of aromatic nitrogens is 2. The van der Waals surface area contributed by atoms with Gasteiger partial charge in [0.1, 0.15) is 17.5 Å². The molecule has 5 rings (SSSR count). The van der Waals surface area contributed by atoms with Crippen LogP contribution in [0, 0.1) is 5.82 Å². The Morgan fingerprint density at radius 2 is 1.79 bits per heavy atom. The van der Waals surface area contributed by atoms with Crippen LogP contribution in [0.3, 0.4) is 0 Å². The zero-order valence-electron chi connectivity index (χ0n) is 18.5. The molecule has 1 aromatic heterocycles. The van der Waals surface area contributed by atoms with Gasteiger partial charge in [-0.3, -0.25) is 14.5 Å². The van der Waals surface area contributed by atoms with E-state index in [-0.39, 0.29) is 23.1 Å². The first-order valence-electron chi connectivity index (χ1n) is 11.2. The Bertz CT molecular complexity index is 1170. The number of rotatable bonds is 3. The van der Waals surface area contributed by atoms with Crippen molar-refractivity contribution in [3.05, 3.63) is 77.9 Å². The van der Waals surface area contributed by atoms with E-state index in [2.05, 4.69) is 10.00 Å². The lowest BCUT2D eigenvalue weighted by Crippen LogP contribution is -2.57. The number of fused-ring (bicyclic) bond motifs is 1. The number of para-hydroxylation sites is 1. The standard InChI is InChI=1S/C25H26FN5O2/c1-28-13-15-29(16-14-28)25(33)23-10-7-18-5-2-3-6-21(18)31(23)24(32)19-8-9-22(20(26)17-19)30-12-4-11-27-30/h2-6,8-9,11-12,17,23H,7,10,13-16H2,1H3. The third-order valence-corrected chi connectivity index (χ3v) is 6.51. The molecule has 33 heavy (non-hydrogen) atoms. The van der Waals surface area contributed by atoms with Crippen molar-refractivity contribution < 1.29 is 14.0 Å². The molecule has 0 radical (unpaired) electrons. The Labute approximate surface area is 192 Å². The van der Waals surface area contributed by atoms with Crippen molar-refractivity contribution >= 4 is 17.5 Å². The van der Waals surface area contributed by atoms with Crippen molar-refractivity contribution in [2.24, 2.45) is 0 Å². The molecule has 8 heteroatoms. The summed E-state index contributed by atoms with van der Waals surface area (Å²) < 4.78 is 16.3. The Balaban J connectivity index is 1.49. The summed E-state index contributed by atoms with van der Waals surface area (Å²) >= 11 is 0. The number of likely N-dealkylation sites (N-methyl/N-ethyl adjacent to an activating group) is 1. The molecule has 1 atom stereocenters. The van der Waals surface area contributed by atoms with E-state index in [1.807, 2.05) is 36.2 Å². The lowest BCUT2D eigenvalue weighted by molar-refractivity contribution is -0.134. The van der Waals surface area contributed by atoms with Crippen LogP contribution in [0.2, 0.25) is 0 Å². The average Bonchev–Trinajstić information content (AvgIpc) is 3.37. The highest BCUT2D eigenvalue weighted by molar-refractivity contribution is 6.10. The fraction of sp³-hybridized carbons (Fsp3) is 0.320. The summed E-state index contributed by atoms with van der Waals surface area (Å²) in [6, 6.07) is 13.1. The van der Waals surface area contributed by atoms with E-state index >= 15 is 0 Å². The smallest absolute Gasteiger partial charge is 0.259 e. The molecule has 3 heterocycles. The van der Waals surface area contributed by atoms with Gasteiger partial charge in [0.15, 0.2) is 0 Å². The molecule has 1 saturated heterocycles. The third kappa shape index (κ3) is 4.02. The molecule has 0 bridgehead atoms. The number of hydrogen-bond acceptors (Lipinski definition) is 4. The lowest BCUT2D eigenvalue weighted by atomic mass is 9.93. The second kappa shape index (κ2) is 8.78. The molecular formula is C25H26FN5O2. The van der Waals surface area contributed by atoms with Crippen LogP contribution in [-0.4, -0.2) is 70.7 Å². The fourth-order valence-electron chi connectivity index (χ4n) is 4.65. The van der Waals surface area contributed by atoms with Crippen molar-refractivity contribution in [3.8, 4) is 5.69 Å². The van der Waals surface area contributed by atoms with Gasteiger partial charge in [-0.15, -0.1) is 0 Å². The molecule has 7 nitrogen and oxygen atoms in total. The van der Waals surface area contributed by atoms with E-state index in [1.54, 1.807) is 35.5 Å². The van der Waals surface area contributed by atoms with Gasteiger partial charge >= 0.3 is 0 Å². The van der Waals surface area contributed by atoms with Crippen LogP contribution in [0.1, 0.15) is 22.3 Å². The summed E-state index contributed by atoms with van der Waals surface area (Å²) in [5.41, 5.74) is 2.21. The number of nitrogens with zero attached hydrogens (tertiary/aromatic N) is 5. The SMILES string of the molecule is CN1CCN(C(=O)C2CCc3ccccc3N2C(=O)c2ccc(-n3cccn3)c(F)c2)CC1. The van der Waals surface area contributed by atoms with Gasteiger partial charge < -0.3 is 9.80 Å². The molecule has 0 aliphatic carbocycles. The minimum Gasteiger partial charge on any atom is -0.338 e. The van der Waals surface area contributed by atoms with Gasteiger partial charge in [0.25, 0.3) is 5.91 Å². The van der Waals surface area contributed by atoms with Crippen LogP contribution in [0.15, 0.2) is 60.9 Å². The van der Waals surface area contributed by atoms with Crippen LogP contribution >= 0.6 is 0 Å². The number of halogens is 1. The molecule has 2 amide bonds. The summed E-state index contributed by atoms with van der Waals surface area (Å²) in [5.74, 6) is -0.961. The summed E-state index contributed by atoms with van der Waals surface area (Å²) in [4.78, 5) is 32.8. The molecule has 2 aromatic carbocycles. The molecule has 0 saturated carbocycles. The Morgan fingerprint density at radius 1 is 1.00 bits per heavy atom. The van der Waals surface area contributed by atoms with Crippen LogP contribution in [-0.2, 0) is 11.2 Å². The highest BCUT2D eigenvalue weighted by Crippen LogP contribution is 2.33. The van der Waals surface area contributed by atoms with Gasteiger partial charge in [-0.05, 0) is 55.8 Å². The maximum Gasteiger partial charge on any atom is 0.259 e. The Morgan fingerprint density at radius 3 is 2.52 bits per heavy atom. The molecule has 3 aromatic rings. The number of carbonyl (C=O) groups excluding carboxylic acids is 2. The van der Waals surface area contributed by atoms with Gasteiger partial charge in [0.05, 0.1) is 0 Å². The van der Waals surface area contributed by atoms with Gasteiger partial charge in [-0.2, -0.15) is 5.10 Å². The van der Waals surface area contributed by atoms with Gasteiger partial charge in [0, 0.05) is 49.8 Å². The number of amides is 2. The fourth-order valence-corrected chi connectivity index (χ4v) is 4.65. The second-order valence-corrected chi connectivity index (χ2v) is 8.60. The molecular weight excluding hydrogens is 421 g/mol. The first kappa shape index (κ1) is 21.3. The summed E-state index contributed by atoms with van der Waals surface area (Å²) in [7, 11) is 2.04. The highest BCUT2D eigenvalue weighted by atomic mass is 19.1. The van der Waals surface area contributed by atoms with Crippen molar-refractivity contribution in [3.63, 3.8) is 0 Å². The minimum absolute atomic E-state index is 0.0420. The summed E-state index contributed by atoms with van der Waals surface area (Å²) in [6.07, 6.45) is 4.47. The predicted octanol–water partition coefficient (Wildman–Crippen LogP) is 2.75. The lowest BCUT2D eigenvalue weighted by Gasteiger charge is -2.41. The number of carbonyl (C=O) groups is 2. The van der Waals surface area contributed by atoms with E-state index in [0.717, 1.165) is 30.8 Å². The van der Waals surface area contributed by atoms with Crippen LogP contribution in [0.4, 0.5) is 10.1 Å². The van der Waals surface area contributed by atoms with E-state index in [4.69, 9.17) is 0 Å². The third-order valence-electron chi connectivity index (χ3n) is 6.51. The number of benzene rings is 2. The second-order valence-electron chi connectivity index (χ2n) is 8.60. The van der Waals surface area contributed by atoms with Crippen molar-refractivity contribution in [1.29, 1.82) is 0 Å². The molecule has 0 N–H and O–H groups in total. The van der Waals surface area contributed by atoms with Crippen molar-refractivity contribution in [2.45, 2.75) is 18.9 Å². The molecule has 2 aliphatic rings. The maximum absolute atomic E-state index is 14.9. The van der Waals surface area contributed by atoms with Crippen LogP contribution in [0.5, 0.6) is 0 Å². The average molecular weight is 448 g/mol. The van der Waals surface area contributed by atoms with E-state index in [9.17, 15) is 14.0 Å². The zero-order valence-corrected chi connectivity index (χ0v) is 18.5. The first-order valence-corrected chi connectivity index (χ1v) is 11.2. The van der Waals surface area contributed by atoms with Gasteiger partial charge in [-0.25, -0.2) is 9.07 Å². The van der Waals surface area contributed by atoms with E-state index in [1.165, 1.54) is 10.7 Å². The number of hydrogen-bond donors (Lipinski definition) is 0. The van der Waals surface area contributed by atoms with Gasteiger partial charge in [0.2, 0.25) is 5.91 Å². The molecule has 1 fully saturated rings.